The van der Waals surface area contributed by atoms with Crippen LogP contribution in [0, 0.1) is 0 Å². The fourth-order valence-electron chi connectivity index (χ4n) is 1.61. The van der Waals surface area contributed by atoms with Crippen molar-refractivity contribution < 1.29 is 18.7 Å². The number of hydrogen-bond donors (Lipinski definition) is 1. The van der Waals surface area contributed by atoms with E-state index in [4.69, 9.17) is 21.1 Å². The number of halogens is 2. The van der Waals surface area contributed by atoms with Crippen LogP contribution in [0.4, 0.5) is 4.39 Å². The summed E-state index contributed by atoms with van der Waals surface area (Å²) in [5.74, 6) is 0.507. The number of carbonyl (C=O) groups is 1. The third-order valence-electron chi connectivity index (χ3n) is 2.47. The Morgan fingerprint density at radius 3 is 2.80 bits per heavy atom. The van der Waals surface area contributed by atoms with Crippen LogP contribution in [0.1, 0.15) is 15.9 Å². The molecule has 1 aromatic heterocycles. The van der Waals surface area contributed by atoms with Gasteiger partial charge in [-0.15, -0.1) is 5.10 Å². The van der Waals surface area contributed by atoms with Crippen molar-refractivity contribution in [2.75, 3.05) is 6.86 Å². The Kier molecular flexibility index (Phi) is 4.86. The molecule has 8 heteroatoms. The van der Waals surface area contributed by atoms with Crippen LogP contribution in [0.25, 0.3) is 0 Å². The molecule has 1 aromatic carbocycles. The first-order valence-electron chi connectivity index (χ1n) is 5.50. The summed E-state index contributed by atoms with van der Waals surface area (Å²) in [4.78, 5) is 11.4. The van der Waals surface area contributed by atoms with Crippen molar-refractivity contribution in [3.05, 3.63) is 41.6 Å². The number of hydrogen-bond acceptors (Lipinski definition) is 5. The van der Waals surface area contributed by atoms with E-state index in [1.54, 1.807) is 18.3 Å². The fraction of sp³-hybridized carbons (Fsp3) is 0.167. The van der Waals surface area contributed by atoms with Gasteiger partial charge in [0.2, 0.25) is 12.7 Å². The van der Waals surface area contributed by atoms with E-state index in [2.05, 4.69) is 17.9 Å². The van der Waals surface area contributed by atoms with Gasteiger partial charge in [-0.2, -0.15) is 0 Å². The third kappa shape index (κ3) is 3.43. The lowest BCUT2D eigenvalue weighted by atomic mass is 10.1. The lowest BCUT2D eigenvalue weighted by molar-refractivity contribution is 0.107. The molecule has 5 nitrogen and oxygen atoms in total. The first-order valence-corrected chi connectivity index (χ1v) is 6.28. The topological polar surface area (TPSA) is 53.4 Å². The Bertz CT molecular complexity index is 620. The largest absolute Gasteiger partial charge is 0.472 e. The highest BCUT2D eigenvalue weighted by atomic mass is 35.5. The molecule has 20 heavy (non-hydrogen) atoms. The fourth-order valence-corrected chi connectivity index (χ4v) is 1.95. The average Bonchev–Trinajstić information content (AvgIpc) is 2.83. The molecular formula is C12H10ClFN2O3S. The van der Waals surface area contributed by atoms with E-state index in [1.165, 1.54) is 16.2 Å². The SMILES string of the molecule is O=C(Cl)c1cccc(OCF)c1COc1ccn(S)n1. The van der Waals surface area contributed by atoms with Gasteiger partial charge in [-0.3, -0.25) is 4.79 Å². The Morgan fingerprint density at radius 2 is 2.20 bits per heavy atom. The number of carbonyl (C=O) groups excluding carboxylic acids is 1. The lowest BCUT2D eigenvalue weighted by Gasteiger charge is -2.12. The van der Waals surface area contributed by atoms with Gasteiger partial charge in [0, 0.05) is 23.4 Å². The molecule has 2 aromatic rings. The minimum atomic E-state index is -1.02. The molecule has 1 heterocycles. The minimum Gasteiger partial charge on any atom is -0.472 e. The number of rotatable bonds is 6. The van der Waals surface area contributed by atoms with Crippen LogP contribution < -0.4 is 9.47 Å². The van der Waals surface area contributed by atoms with Crippen LogP contribution in [0.2, 0.25) is 0 Å². The Labute approximate surface area is 124 Å². The van der Waals surface area contributed by atoms with E-state index in [0.717, 1.165) is 0 Å². The number of alkyl halides is 1. The van der Waals surface area contributed by atoms with Crippen molar-refractivity contribution in [3.63, 3.8) is 0 Å². The molecular weight excluding hydrogens is 307 g/mol. The molecule has 0 fully saturated rings. The van der Waals surface area contributed by atoms with Crippen molar-refractivity contribution in [2.24, 2.45) is 0 Å². The molecule has 106 valence electrons. The molecule has 0 saturated heterocycles. The van der Waals surface area contributed by atoms with Crippen molar-refractivity contribution >= 4 is 29.7 Å². The van der Waals surface area contributed by atoms with Crippen molar-refractivity contribution in [1.29, 1.82) is 0 Å². The number of nitrogens with zero attached hydrogens (tertiary/aromatic N) is 2. The third-order valence-corrected chi connectivity index (χ3v) is 2.90. The molecule has 0 aliphatic carbocycles. The van der Waals surface area contributed by atoms with E-state index in [1.807, 2.05) is 0 Å². The average molecular weight is 317 g/mol. The van der Waals surface area contributed by atoms with E-state index in [-0.39, 0.29) is 17.9 Å². The van der Waals surface area contributed by atoms with Gasteiger partial charge in [-0.1, -0.05) is 6.07 Å². The molecule has 0 spiro atoms. The molecule has 0 aliphatic heterocycles. The van der Waals surface area contributed by atoms with Crippen LogP contribution in [0.15, 0.2) is 30.5 Å². The van der Waals surface area contributed by atoms with Crippen molar-refractivity contribution in [3.8, 4) is 11.6 Å². The van der Waals surface area contributed by atoms with Gasteiger partial charge in [0.25, 0.3) is 5.24 Å². The maximum absolute atomic E-state index is 12.4. The highest BCUT2D eigenvalue weighted by Gasteiger charge is 2.15. The molecule has 0 atom stereocenters. The second-order valence-corrected chi connectivity index (χ2v) is 4.43. The summed E-state index contributed by atoms with van der Waals surface area (Å²) in [6.07, 6.45) is 1.58. The second-order valence-electron chi connectivity index (χ2n) is 3.67. The predicted molar refractivity (Wildman–Crippen MR) is 74.2 cm³/mol. The van der Waals surface area contributed by atoms with E-state index >= 15 is 0 Å². The highest BCUT2D eigenvalue weighted by Crippen LogP contribution is 2.25. The number of benzene rings is 1. The minimum absolute atomic E-state index is 0.0330. The predicted octanol–water partition coefficient (Wildman–Crippen LogP) is 2.84. The molecule has 0 unspecified atom stereocenters. The highest BCUT2D eigenvalue weighted by molar-refractivity contribution is 7.78. The van der Waals surface area contributed by atoms with Crippen LogP contribution >= 0.6 is 24.4 Å². The normalized spacial score (nSPS) is 10.3. The van der Waals surface area contributed by atoms with Crippen LogP contribution in [0.5, 0.6) is 11.6 Å². The van der Waals surface area contributed by atoms with Gasteiger partial charge in [0.05, 0.1) is 0 Å². The number of ether oxygens (including phenoxy) is 2. The van der Waals surface area contributed by atoms with Crippen LogP contribution in [-0.2, 0) is 6.61 Å². The Balaban J connectivity index is 2.25. The maximum atomic E-state index is 12.4. The molecule has 0 saturated carbocycles. The van der Waals surface area contributed by atoms with Crippen molar-refractivity contribution in [2.45, 2.75) is 6.61 Å². The lowest BCUT2D eigenvalue weighted by Crippen LogP contribution is -2.06. The van der Waals surface area contributed by atoms with Crippen molar-refractivity contribution in [1.82, 2.24) is 9.19 Å². The van der Waals surface area contributed by atoms with Gasteiger partial charge in [-0.05, 0) is 36.5 Å². The summed E-state index contributed by atoms with van der Waals surface area (Å²) < 4.78 is 23.8. The monoisotopic (exact) mass is 316 g/mol. The molecule has 0 N–H and O–H groups in total. The quantitative estimate of drug-likeness (QED) is 0.657. The van der Waals surface area contributed by atoms with Gasteiger partial charge >= 0.3 is 0 Å². The van der Waals surface area contributed by atoms with Crippen LogP contribution in [0.3, 0.4) is 0 Å². The first kappa shape index (κ1) is 14.7. The molecule has 2 rings (SSSR count). The van der Waals surface area contributed by atoms with E-state index < -0.39 is 12.1 Å². The smallest absolute Gasteiger partial charge is 0.252 e. The molecule has 0 amide bonds. The zero-order chi connectivity index (χ0) is 14.5. The summed E-state index contributed by atoms with van der Waals surface area (Å²) >= 11 is 9.46. The standard InChI is InChI=1S/C12H10ClFN2O3S/c13-12(17)8-2-1-3-10(19-7-14)9(8)6-18-11-4-5-16(20)15-11/h1-5,20H,6-7H2. The summed E-state index contributed by atoms with van der Waals surface area (Å²) in [6.45, 7) is -1.05. The van der Waals surface area contributed by atoms with Gasteiger partial charge in [0.15, 0.2) is 0 Å². The van der Waals surface area contributed by atoms with E-state index in [0.29, 0.717) is 11.4 Å². The Hall–Kier alpha value is -1.73. The number of aromatic nitrogens is 2. The summed E-state index contributed by atoms with van der Waals surface area (Å²) in [7, 11) is 0. The second kappa shape index (κ2) is 6.62. The molecule has 0 aliphatic rings. The zero-order valence-corrected chi connectivity index (χ0v) is 11.8. The zero-order valence-electron chi connectivity index (χ0n) is 10.1. The summed E-state index contributed by atoms with van der Waals surface area (Å²) in [5, 5.41) is 3.23. The molecule has 0 radical (unpaired) electrons. The molecule has 0 bridgehead atoms. The van der Waals surface area contributed by atoms with Gasteiger partial charge < -0.3 is 9.47 Å². The van der Waals surface area contributed by atoms with Gasteiger partial charge in [-0.25, -0.2) is 8.48 Å². The number of thiol groups is 1. The van der Waals surface area contributed by atoms with Gasteiger partial charge in [0.1, 0.15) is 12.4 Å². The van der Waals surface area contributed by atoms with E-state index in [9.17, 15) is 9.18 Å². The summed E-state index contributed by atoms with van der Waals surface area (Å²) in [5.41, 5.74) is 0.557. The Morgan fingerprint density at radius 1 is 1.40 bits per heavy atom. The summed E-state index contributed by atoms with van der Waals surface area (Å²) in [6, 6.07) is 6.18. The first-order chi connectivity index (χ1) is 9.61. The van der Waals surface area contributed by atoms with Crippen LogP contribution in [-0.4, -0.2) is 21.3 Å². The maximum Gasteiger partial charge on any atom is 0.252 e.